The van der Waals surface area contributed by atoms with Crippen LogP contribution < -0.4 is 19.6 Å². The van der Waals surface area contributed by atoms with E-state index in [9.17, 15) is 9.59 Å². The third kappa shape index (κ3) is 3.54. The van der Waals surface area contributed by atoms with Gasteiger partial charge in [0.05, 0.1) is 23.4 Å². The zero-order chi connectivity index (χ0) is 22.5. The molecule has 0 N–H and O–H groups in total. The zero-order valence-corrected chi connectivity index (χ0v) is 19.1. The minimum atomic E-state index is -0.441. The van der Waals surface area contributed by atoms with Crippen LogP contribution in [0.5, 0.6) is 5.75 Å². The molecule has 5 nitrogen and oxygen atoms in total. The summed E-state index contributed by atoms with van der Waals surface area (Å²) in [5.74, 6) is 0.847. The molecule has 1 aromatic heterocycles. The van der Waals surface area contributed by atoms with Gasteiger partial charge in [0, 0.05) is 12.0 Å². The van der Waals surface area contributed by atoms with Gasteiger partial charge in [-0.1, -0.05) is 67.6 Å². The molecule has 1 atom stereocenters. The topological polar surface area (TPSA) is 60.7 Å². The summed E-state index contributed by atoms with van der Waals surface area (Å²) < 4.78 is 7.52. The normalized spacial score (nSPS) is 19.9. The molecule has 1 unspecified atom stereocenters. The van der Waals surface area contributed by atoms with Crippen LogP contribution in [0, 0.1) is 5.41 Å². The van der Waals surface area contributed by atoms with Crippen LogP contribution in [-0.4, -0.2) is 17.5 Å². The number of ether oxygens (including phenoxy) is 1. The highest BCUT2D eigenvalue weighted by molar-refractivity contribution is 7.07. The van der Waals surface area contributed by atoms with E-state index in [1.54, 1.807) is 11.7 Å². The maximum absolute atomic E-state index is 13.6. The fourth-order valence-corrected chi connectivity index (χ4v) is 5.57. The number of fused-ring (bicyclic) bond motifs is 1. The summed E-state index contributed by atoms with van der Waals surface area (Å²) in [5, 5.41) is 0. The van der Waals surface area contributed by atoms with Crippen molar-refractivity contribution in [2.75, 3.05) is 7.11 Å². The number of aromatic nitrogens is 1. The summed E-state index contributed by atoms with van der Waals surface area (Å²) >= 11 is 1.37. The molecule has 0 amide bonds. The maximum Gasteiger partial charge on any atom is 0.271 e. The number of nitrogens with zero attached hydrogens (tertiary/aromatic N) is 2. The van der Waals surface area contributed by atoms with E-state index in [4.69, 9.17) is 9.73 Å². The van der Waals surface area contributed by atoms with Crippen LogP contribution in [-0.2, 0) is 4.79 Å². The van der Waals surface area contributed by atoms with Crippen LogP contribution in [0.2, 0.25) is 0 Å². The molecule has 5 rings (SSSR count). The van der Waals surface area contributed by atoms with Gasteiger partial charge in [0.1, 0.15) is 5.75 Å². The van der Waals surface area contributed by atoms with Crippen molar-refractivity contribution in [2.24, 2.45) is 10.4 Å². The Morgan fingerprint density at radius 3 is 2.47 bits per heavy atom. The lowest BCUT2D eigenvalue weighted by Crippen LogP contribution is -2.42. The van der Waals surface area contributed by atoms with Gasteiger partial charge in [0.2, 0.25) is 0 Å². The second-order valence-electron chi connectivity index (χ2n) is 9.07. The lowest BCUT2D eigenvalue weighted by atomic mass is 9.73. The Morgan fingerprint density at radius 1 is 1.06 bits per heavy atom. The number of benzene rings is 2. The number of ketones is 1. The summed E-state index contributed by atoms with van der Waals surface area (Å²) in [7, 11) is 1.63. The number of methoxy groups -OCH3 is 1. The van der Waals surface area contributed by atoms with Gasteiger partial charge in [0.25, 0.3) is 5.56 Å². The Bertz CT molecular complexity index is 1410. The maximum atomic E-state index is 13.6. The largest absolute Gasteiger partial charge is 0.497 e. The molecule has 2 aliphatic rings. The first-order chi connectivity index (χ1) is 15.4. The second kappa shape index (κ2) is 7.71. The third-order valence-electron chi connectivity index (χ3n) is 6.02. The molecule has 0 saturated heterocycles. The predicted octanol–water partition coefficient (Wildman–Crippen LogP) is 3.61. The number of carbonyl (C=O) groups excluding carboxylic acids is 1. The van der Waals surface area contributed by atoms with Crippen molar-refractivity contribution >= 4 is 23.2 Å². The number of hydrogen-bond donors (Lipinski definition) is 0. The first-order valence-electron chi connectivity index (χ1n) is 10.6. The van der Waals surface area contributed by atoms with Crippen molar-refractivity contribution in [3.63, 3.8) is 0 Å². The summed E-state index contributed by atoms with van der Waals surface area (Å²) in [5.41, 5.74) is 3.06. The number of hydrogen-bond acceptors (Lipinski definition) is 5. The minimum absolute atomic E-state index is 0.0817. The molecule has 6 heteroatoms. The van der Waals surface area contributed by atoms with Gasteiger partial charge in [-0.05, 0) is 41.2 Å². The summed E-state index contributed by atoms with van der Waals surface area (Å²) in [6, 6.07) is 16.9. The van der Waals surface area contributed by atoms with Crippen LogP contribution in [0.3, 0.4) is 0 Å². The lowest BCUT2D eigenvalue weighted by Gasteiger charge is -2.35. The van der Waals surface area contributed by atoms with Gasteiger partial charge in [0.15, 0.2) is 10.6 Å². The molecule has 2 heterocycles. The van der Waals surface area contributed by atoms with Gasteiger partial charge in [-0.2, -0.15) is 0 Å². The first-order valence-corrected chi connectivity index (χ1v) is 11.4. The van der Waals surface area contributed by atoms with Crippen LogP contribution in [0.1, 0.15) is 43.9 Å². The molecular weight excluding hydrogens is 420 g/mol. The van der Waals surface area contributed by atoms with Gasteiger partial charge >= 0.3 is 0 Å². The number of allylic oxidation sites excluding steroid dienone is 2. The van der Waals surface area contributed by atoms with Crippen molar-refractivity contribution in [3.05, 3.63) is 96.7 Å². The predicted molar refractivity (Wildman–Crippen MR) is 126 cm³/mol. The van der Waals surface area contributed by atoms with E-state index in [0.29, 0.717) is 21.3 Å². The molecule has 162 valence electrons. The average molecular weight is 445 g/mol. The molecule has 0 fully saturated rings. The molecule has 0 saturated carbocycles. The Balaban J connectivity index is 1.73. The molecule has 0 radical (unpaired) electrons. The Kier molecular flexibility index (Phi) is 4.97. The summed E-state index contributed by atoms with van der Waals surface area (Å²) in [6.45, 7) is 4.20. The Labute approximate surface area is 190 Å². The van der Waals surface area contributed by atoms with Gasteiger partial charge in [-0.3, -0.25) is 14.2 Å². The fourth-order valence-electron chi connectivity index (χ4n) is 4.55. The smallest absolute Gasteiger partial charge is 0.271 e. The van der Waals surface area contributed by atoms with Crippen molar-refractivity contribution in [1.29, 1.82) is 0 Å². The van der Waals surface area contributed by atoms with Crippen LogP contribution in [0.4, 0.5) is 0 Å². The van der Waals surface area contributed by atoms with E-state index in [1.807, 2.05) is 60.7 Å². The molecule has 1 aliphatic carbocycles. The molecule has 0 spiro atoms. The van der Waals surface area contributed by atoms with Crippen molar-refractivity contribution in [1.82, 2.24) is 4.57 Å². The van der Waals surface area contributed by atoms with E-state index < -0.39 is 6.04 Å². The van der Waals surface area contributed by atoms with Gasteiger partial charge in [-0.25, -0.2) is 4.99 Å². The summed E-state index contributed by atoms with van der Waals surface area (Å²) in [6.07, 6.45) is 3.06. The number of rotatable bonds is 3. The van der Waals surface area contributed by atoms with E-state index in [0.717, 1.165) is 29.0 Å². The number of carbonyl (C=O) groups is 1. The van der Waals surface area contributed by atoms with Crippen molar-refractivity contribution in [2.45, 2.75) is 32.7 Å². The Hall–Kier alpha value is -3.25. The van der Waals surface area contributed by atoms with E-state index in [2.05, 4.69) is 13.8 Å². The summed E-state index contributed by atoms with van der Waals surface area (Å²) in [4.78, 5) is 32.3. The molecule has 2 aromatic carbocycles. The first kappa shape index (κ1) is 20.6. The standard InChI is InChI=1S/C26H24N2O3S/c1-26(2)14-19-22(20(29)15-26)23(17-7-5-4-6-8-17)28-24(30)21(32-25(28)27-19)13-16-9-11-18(31-3)12-10-16/h4-13,23H,14-15H2,1-3H3. The number of thiazole rings is 1. The highest BCUT2D eigenvalue weighted by atomic mass is 32.1. The van der Waals surface area contributed by atoms with Crippen molar-refractivity contribution in [3.8, 4) is 5.75 Å². The van der Waals surface area contributed by atoms with Gasteiger partial charge in [-0.15, -0.1) is 0 Å². The molecule has 32 heavy (non-hydrogen) atoms. The van der Waals surface area contributed by atoms with E-state index in [-0.39, 0.29) is 16.8 Å². The molecule has 3 aromatic rings. The van der Waals surface area contributed by atoms with Crippen LogP contribution >= 0.6 is 11.3 Å². The zero-order valence-electron chi connectivity index (χ0n) is 18.3. The molecule has 0 bridgehead atoms. The quantitative estimate of drug-likeness (QED) is 0.620. The van der Waals surface area contributed by atoms with Gasteiger partial charge < -0.3 is 4.74 Å². The van der Waals surface area contributed by atoms with E-state index >= 15 is 0 Å². The third-order valence-corrected chi connectivity index (χ3v) is 7.01. The minimum Gasteiger partial charge on any atom is -0.497 e. The monoisotopic (exact) mass is 444 g/mol. The fraction of sp³-hybridized carbons (Fsp3) is 0.269. The van der Waals surface area contributed by atoms with Crippen molar-refractivity contribution < 1.29 is 9.53 Å². The molecular formula is C26H24N2O3S. The highest BCUT2D eigenvalue weighted by Gasteiger charge is 2.40. The SMILES string of the molecule is COc1ccc(C=c2sc3n(c2=O)C(c2ccccc2)C2=C(CC(C)(C)CC2=O)N=3)cc1. The van der Waals surface area contributed by atoms with Crippen LogP contribution in [0.15, 0.2) is 75.7 Å². The molecule has 1 aliphatic heterocycles. The highest BCUT2D eigenvalue weighted by Crippen LogP contribution is 2.43. The average Bonchev–Trinajstić information content (AvgIpc) is 3.07. The van der Waals surface area contributed by atoms with E-state index in [1.165, 1.54) is 11.3 Å². The Morgan fingerprint density at radius 2 is 1.78 bits per heavy atom. The lowest BCUT2D eigenvalue weighted by molar-refractivity contribution is -0.118. The van der Waals surface area contributed by atoms with Crippen LogP contribution in [0.25, 0.3) is 6.08 Å². The number of Topliss-reactive ketones (excluding diaryl/α,β-unsaturated/α-hetero) is 1. The second-order valence-corrected chi connectivity index (χ2v) is 10.1.